The predicted molar refractivity (Wildman–Crippen MR) is 119 cm³/mol. The zero-order valence-electron chi connectivity index (χ0n) is 21.3. The molecule has 0 aromatic carbocycles. The van der Waals surface area contributed by atoms with Gasteiger partial charge in [-0.1, -0.05) is 41.5 Å². The molecule has 0 aromatic rings. The van der Waals surface area contributed by atoms with Gasteiger partial charge in [0.05, 0.1) is 0 Å². The summed E-state index contributed by atoms with van der Waals surface area (Å²) < 4.78 is 29.9. The van der Waals surface area contributed by atoms with Gasteiger partial charge in [-0.25, -0.2) is 0 Å². The predicted octanol–water partition coefficient (Wildman–Crippen LogP) is -0.124. The summed E-state index contributed by atoms with van der Waals surface area (Å²) in [6, 6.07) is 0. The van der Waals surface area contributed by atoms with Crippen LogP contribution in [0.15, 0.2) is 0 Å². The van der Waals surface area contributed by atoms with Crippen molar-refractivity contribution in [2.24, 2.45) is 0 Å². The Hall–Kier alpha value is 1.24. The summed E-state index contributed by atoms with van der Waals surface area (Å²) in [5.74, 6) is 0. The molecule has 180 valence electrons. The van der Waals surface area contributed by atoms with Crippen LogP contribution in [0.2, 0.25) is 0 Å². The normalized spacial score (nSPS) is 9.00. The van der Waals surface area contributed by atoms with Gasteiger partial charge in [-0.15, -0.1) is 18.3 Å². The first-order valence-corrected chi connectivity index (χ1v) is 12.6. The molecule has 0 atom stereocenters. The zero-order valence-corrected chi connectivity index (χ0v) is 24.7. The van der Waals surface area contributed by atoms with Crippen LogP contribution >= 0.6 is 0 Å². The molecule has 12 heteroatoms. The molecule has 0 aromatic heterocycles. The Kier molecular flexibility index (Phi) is 60.7. The van der Waals surface area contributed by atoms with Crippen molar-refractivity contribution in [1.29, 1.82) is 0 Å². The molecular weight excluding hydrogens is 441 g/mol. The van der Waals surface area contributed by atoms with Gasteiger partial charge in [-0.3, -0.25) is 0 Å². The largest absolute Gasteiger partial charge is 3.00 e. The van der Waals surface area contributed by atoms with Crippen molar-refractivity contribution in [3.8, 4) is 0 Å². The summed E-state index contributed by atoms with van der Waals surface area (Å²) in [4.78, 5) is 0. The molecule has 0 heterocycles. The maximum Gasteiger partial charge on any atom is 3.00 e. The molecule has 30 heavy (non-hydrogen) atoms. The van der Waals surface area contributed by atoms with Gasteiger partial charge >= 0.3 is 47.7 Å². The van der Waals surface area contributed by atoms with E-state index in [2.05, 4.69) is 0 Å². The van der Waals surface area contributed by atoms with Gasteiger partial charge < -0.3 is 38.1 Å². The quantitative estimate of drug-likeness (QED) is 0.410. The Balaban J connectivity index is -0.0000000634. The van der Waals surface area contributed by atoms with Crippen molar-refractivity contribution in [3.63, 3.8) is 0 Å². The zero-order chi connectivity index (χ0) is 24.3. The maximum atomic E-state index is 9.53. The van der Waals surface area contributed by atoms with E-state index in [0.29, 0.717) is 19.8 Å². The Bertz CT molecular complexity index is 207. The topological polar surface area (TPSA) is 125 Å². The van der Waals surface area contributed by atoms with E-state index < -0.39 is 48.6 Å². The van der Waals surface area contributed by atoms with Crippen LogP contribution in [0.4, 0.5) is 0 Å². The van der Waals surface area contributed by atoms with Crippen LogP contribution in [0.3, 0.4) is 0 Å². The first kappa shape index (κ1) is 44.8. The van der Waals surface area contributed by atoms with Gasteiger partial charge in [0.25, 0.3) is 0 Å². The van der Waals surface area contributed by atoms with Gasteiger partial charge in [0.15, 0.2) is 0 Å². The molecular formula is C18H45Al3O9. The van der Waals surface area contributed by atoms with E-state index >= 15 is 0 Å². The fraction of sp³-hybridized carbons (Fsp3) is 1.00. The number of hydrogen-bond acceptors (Lipinski definition) is 9. The minimum absolute atomic E-state index is 0. The van der Waals surface area contributed by atoms with E-state index in [0.717, 1.165) is 0 Å². The third-order valence-corrected chi connectivity index (χ3v) is 4.46. The van der Waals surface area contributed by atoms with Crippen molar-refractivity contribution in [3.05, 3.63) is 0 Å². The van der Waals surface area contributed by atoms with Crippen LogP contribution in [0, 0.1) is 0 Å². The number of rotatable bonds is 9. The van der Waals surface area contributed by atoms with E-state index in [1.807, 2.05) is 20.8 Å². The van der Waals surface area contributed by atoms with Crippen LogP contribution in [0.1, 0.15) is 62.3 Å². The van der Waals surface area contributed by atoms with E-state index in [9.17, 15) is 15.3 Å². The molecule has 0 unspecified atom stereocenters. The van der Waals surface area contributed by atoms with E-state index in [1.54, 1.807) is 62.9 Å². The average Bonchev–Trinajstić information content (AvgIpc) is 2.56. The molecule has 0 aliphatic rings. The molecule has 0 rings (SSSR count). The Morgan fingerprint density at radius 1 is 0.533 bits per heavy atom. The van der Waals surface area contributed by atoms with Gasteiger partial charge in [-0.2, -0.15) is 0 Å². The summed E-state index contributed by atoms with van der Waals surface area (Å²) in [5.41, 5.74) is 0. The van der Waals surface area contributed by atoms with Gasteiger partial charge in [-0.05, 0) is 20.8 Å². The number of hydrogen-bond donors (Lipinski definition) is 0. The van der Waals surface area contributed by atoms with E-state index in [-0.39, 0.29) is 17.4 Å². The second-order valence-corrected chi connectivity index (χ2v) is 9.37. The average molecular weight is 486 g/mol. The smallest absolute Gasteiger partial charge is 0.852 e. The van der Waals surface area contributed by atoms with Crippen molar-refractivity contribution >= 4 is 47.7 Å². The standard InChI is InChI=1S/3C3H7O.3C2H5O.3CH3O.3Al/c3*1-3(2)4;3*1-2-3;3*1-2;;;/h3*3H,1-2H3;3*2H2,1H3;3*1H3;;;/q9*-1;3*+3. The molecule has 9 nitrogen and oxygen atoms in total. The fourth-order valence-electron chi connectivity index (χ4n) is 0.841. The Morgan fingerprint density at radius 2 is 0.700 bits per heavy atom. The maximum absolute atomic E-state index is 9.53. The van der Waals surface area contributed by atoms with Crippen molar-refractivity contribution in [2.75, 3.05) is 41.2 Å². The molecule has 0 bridgehead atoms. The van der Waals surface area contributed by atoms with Gasteiger partial charge in [0.1, 0.15) is 0 Å². The molecule has 0 N–H and O–H groups in total. The second-order valence-electron chi connectivity index (χ2n) is 5.80. The third-order valence-electron chi connectivity index (χ3n) is 1.49. The summed E-state index contributed by atoms with van der Waals surface area (Å²) in [7, 11) is 4.72. The van der Waals surface area contributed by atoms with Gasteiger partial charge in [0.2, 0.25) is 0 Å². The molecule has 0 spiro atoms. The van der Waals surface area contributed by atoms with Crippen molar-refractivity contribution in [1.82, 2.24) is 0 Å². The first-order valence-electron chi connectivity index (χ1n) is 9.80. The SMILES string of the molecule is CC(C)[O-].CC(C)[O-].CC(C)[O-].CC[O][Al]([O]CC)[O]CC.C[O][Al]([O]C)[O]C.[Al+3]. The summed E-state index contributed by atoms with van der Waals surface area (Å²) >= 11 is -3.41. The minimum Gasteiger partial charge on any atom is -0.852 e. The molecule has 0 saturated heterocycles. The molecule has 0 aliphatic carbocycles. The fourth-order valence-corrected chi connectivity index (χ4v) is 2.52. The molecule has 0 amide bonds. The van der Waals surface area contributed by atoms with Crippen LogP contribution < -0.4 is 15.3 Å². The van der Waals surface area contributed by atoms with Crippen molar-refractivity contribution < 1.29 is 38.1 Å². The first-order chi connectivity index (χ1) is 13.4. The van der Waals surface area contributed by atoms with E-state index in [1.165, 1.54) is 0 Å². The minimum atomic E-state index is -1.73. The summed E-state index contributed by atoms with van der Waals surface area (Å²) in [6.45, 7) is 17.5. The Labute approximate surface area is 206 Å². The third kappa shape index (κ3) is 88.4. The molecule has 0 aliphatic heterocycles. The van der Waals surface area contributed by atoms with Crippen molar-refractivity contribution in [2.45, 2.75) is 80.6 Å². The van der Waals surface area contributed by atoms with Crippen LogP contribution in [0.5, 0.6) is 0 Å². The summed E-state index contributed by atoms with van der Waals surface area (Å²) in [5, 5.41) is 28.6. The molecule has 0 fully saturated rings. The Morgan fingerprint density at radius 3 is 0.767 bits per heavy atom. The van der Waals surface area contributed by atoms with Gasteiger partial charge in [0, 0.05) is 41.2 Å². The van der Waals surface area contributed by atoms with Crippen LogP contribution in [-0.4, -0.2) is 107 Å². The van der Waals surface area contributed by atoms with Crippen LogP contribution in [-0.2, 0) is 22.7 Å². The van der Waals surface area contributed by atoms with Crippen LogP contribution in [0.25, 0.3) is 0 Å². The van der Waals surface area contributed by atoms with E-state index in [4.69, 9.17) is 22.7 Å². The molecule has 0 saturated carbocycles. The summed E-state index contributed by atoms with van der Waals surface area (Å²) in [6.07, 6.45) is -1.25. The second kappa shape index (κ2) is 40.6. The molecule has 0 radical (unpaired) electrons. The monoisotopic (exact) mass is 486 g/mol.